The van der Waals surface area contributed by atoms with Gasteiger partial charge < -0.3 is 0 Å². The summed E-state index contributed by atoms with van der Waals surface area (Å²) in [7, 11) is 0. The Morgan fingerprint density at radius 2 is 1.89 bits per heavy atom. The van der Waals surface area contributed by atoms with Crippen molar-refractivity contribution in [2.45, 2.75) is 10.6 Å². The van der Waals surface area contributed by atoms with Crippen LogP contribution in [0.1, 0.15) is 5.56 Å². The standard InChI is InChI=1S/C13H10FNO2S/c14-11-6-12(15(16)17)8-13(7-11)18-9-10-4-2-1-3-5-10/h1-8H,9H2. The average Bonchev–Trinajstić information content (AvgIpc) is 2.37. The highest BCUT2D eigenvalue weighted by molar-refractivity contribution is 7.98. The van der Waals surface area contributed by atoms with E-state index in [1.807, 2.05) is 30.3 Å². The monoisotopic (exact) mass is 263 g/mol. The van der Waals surface area contributed by atoms with E-state index in [4.69, 9.17) is 0 Å². The van der Waals surface area contributed by atoms with Gasteiger partial charge in [0.2, 0.25) is 0 Å². The summed E-state index contributed by atoms with van der Waals surface area (Å²) in [6, 6.07) is 13.3. The van der Waals surface area contributed by atoms with Crippen LogP contribution in [0.3, 0.4) is 0 Å². The van der Waals surface area contributed by atoms with Gasteiger partial charge in [-0.1, -0.05) is 30.3 Å². The number of halogens is 1. The molecule has 0 N–H and O–H groups in total. The van der Waals surface area contributed by atoms with E-state index in [-0.39, 0.29) is 5.69 Å². The highest BCUT2D eigenvalue weighted by Crippen LogP contribution is 2.27. The first kappa shape index (κ1) is 12.6. The lowest BCUT2D eigenvalue weighted by Gasteiger charge is -2.02. The van der Waals surface area contributed by atoms with Crippen molar-refractivity contribution in [1.29, 1.82) is 0 Å². The van der Waals surface area contributed by atoms with Crippen LogP contribution < -0.4 is 0 Å². The zero-order valence-corrected chi connectivity index (χ0v) is 10.2. The van der Waals surface area contributed by atoms with E-state index >= 15 is 0 Å². The van der Waals surface area contributed by atoms with Crippen LogP contribution in [0.4, 0.5) is 10.1 Å². The number of rotatable bonds is 4. The zero-order valence-electron chi connectivity index (χ0n) is 9.38. The molecule has 0 radical (unpaired) electrons. The fourth-order valence-corrected chi connectivity index (χ4v) is 2.40. The van der Waals surface area contributed by atoms with Gasteiger partial charge in [0, 0.05) is 16.7 Å². The van der Waals surface area contributed by atoms with E-state index in [1.54, 1.807) is 0 Å². The second-order valence-electron chi connectivity index (χ2n) is 3.68. The number of nitro benzene ring substituents is 1. The van der Waals surface area contributed by atoms with Crippen molar-refractivity contribution in [3.8, 4) is 0 Å². The molecule has 0 bridgehead atoms. The summed E-state index contributed by atoms with van der Waals surface area (Å²) in [5.74, 6) is 0.0707. The molecule has 0 saturated heterocycles. The molecule has 2 aromatic rings. The average molecular weight is 263 g/mol. The largest absolute Gasteiger partial charge is 0.273 e. The minimum Gasteiger partial charge on any atom is -0.258 e. The third-order valence-electron chi connectivity index (χ3n) is 2.32. The summed E-state index contributed by atoms with van der Waals surface area (Å²) in [6.45, 7) is 0. The molecule has 5 heteroatoms. The molecule has 0 fully saturated rings. The van der Waals surface area contributed by atoms with Crippen molar-refractivity contribution in [2.75, 3.05) is 0 Å². The molecule has 2 rings (SSSR count). The molecule has 0 aliphatic heterocycles. The van der Waals surface area contributed by atoms with Gasteiger partial charge >= 0.3 is 0 Å². The number of benzene rings is 2. The van der Waals surface area contributed by atoms with Crippen molar-refractivity contribution < 1.29 is 9.31 Å². The molecule has 0 aliphatic carbocycles. The van der Waals surface area contributed by atoms with Crippen molar-refractivity contribution >= 4 is 17.4 Å². The summed E-state index contributed by atoms with van der Waals surface area (Å²) in [6.07, 6.45) is 0. The molecule has 2 aromatic carbocycles. The fraction of sp³-hybridized carbons (Fsp3) is 0.0769. The van der Waals surface area contributed by atoms with Gasteiger partial charge in [-0.15, -0.1) is 11.8 Å². The van der Waals surface area contributed by atoms with E-state index in [0.29, 0.717) is 10.6 Å². The molecule has 0 aromatic heterocycles. The Morgan fingerprint density at radius 3 is 2.56 bits per heavy atom. The first-order valence-corrected chi connectivity index (χ1v) is 6.25. The summed E-state index contributed by atoms with van der Waals surface area (Å²) < 4.78 is 13.2. The molecule has 0 spiro atoms. The lowest BCUT2D eigenvalue weighted by molar-refractivity contribution is -0.385. The van der Waals surface area contributed by atoms with Crippen LogP contribution in [0.5, 0.6) is 0 Å². The highest BCUT2D eigenvalue weighted by Gasteiger charge is 2.10. The van der Waals surface area contributed by atoms with Gasteiger partial charge in [-0.3, -0.25) is 10.1 Å². The third kappa shape index (κ3) is 3.30. The number of nitro groups is 1. The second kappa shape index (κ2) is 5.64. The van der Waals surface area contributed by atoms with Gasteiger partial charge in [0.1, 0.15) is 5.82 Å². The topological polar surface area (TPSA) is 43.1 Å². The predicted molar refractivity (Wildman–Crippen MR) is 69.1 cm³/mol. The lowest BCUT2D eigenvalue weighted by atomic mass is 10.2. The van der Waals surface area contributed by atoms with Crippen LogP contribution in [0, 0.1) is 15.9 Å². The summed E-state index contributed by atoms with van der Waals surface area (Å²) in [5, 5.41) is 10.6. The molecule has 0 unspecified atom stereocenters. The van der Waals surface area contributed by atoms with Crippen LogP contribution >= 0.6 is 11.8 Å². The highest BCUT2D eigenvalue weighted by atomic mass is 32.2. The third-order valence-corrected chi connectivity index (χ3v) is 3.36. The second-order valence-corrected chi connectivity index (χ2v) is 4.73. The Labute approximate surface area is 108 Å². The maximum absolute atomic E-state index is 13.2. The fourth-order valence-electron chi connectivity index (χ4n) is 1.48. The number of nitrogens with zero attached hydrogens (tertiary/aromatic N) is 1. The van der Waals surface area contributed by atoms with Crippen LogP contribution in [-0.2, 0) is 5.75 Å². The van der Waals surface area contributed by atoms with Crippen molar-refractivity contribution in [3.05, 3.63) is 70.0 Å². The molecule has 0 aliphatic rings. The maximum atomic E-state index is 13.2. The maximum Gasteiger partial charge on any atom is 0.273 e. The zero-order chi connectivity index (χ0) is 13.0. The van der Waals surface area contributed by atoms with Crippen molar-refractivity contribution in [2.24, 2.45) is 0 Å². The summed E-state index contributed by atoms with van der Waals surface area (Å²) in [5.41, 5.74) is 0.875. The molecule has 0 saturated carbocycles. The number of hydrogen-bond acceptors (Lipinski definition) is 3. The van der Waals surface area contributed by atoms with Crippen molar-refractivity contribution in [3.63, 3.8) is 0 Å². The van der Waals surface area contributed by atoms with Gasteiger partial charge in [0.15, 0.2) is 0 Å². The van der Waals surface area contributed by atoms with E-state index in [2.05, 4.69) is 0 Å². The first-order chi connectivity index (χ1) is 8.65. The minimum atomic E-state index is -0.588. The predicted octanol–water partition coefficient (Wildman–Crippen LogP) is 4.03. The van der Waals surface area contributed by atoms with Gasteiger partial charge in [0.05, 0.1) is 11.0 Å². The van der Waals surface area contributed by atoms with Crippen molar-refractivity contribution in [1.82, 2.24) is 0 Å². The molecular weight excluding hydrogens is 253 g/mol. The minimum absolute atomic E-state index is 0.217. The summed E-state index contributed by atoms with van der Waals surface area (Å²) in [4.78, 5) is 10.6. The van der Waals surface area contributed by atoms with Gasteiger partial charge in [-0.05, 0) is 11.6 Å². The Kier molecular flexibility index (Phi) is 3.94. The lowest BCUT2D eigenvalue weighted by Crippen LogP contribution is -1.90. The smallest absolute Gasteiger partial charge is 0.258 e. The molecule has 92 valence electrons. The van der Waals surface area contributed by atoms with E-state index in [1.165, 1.54) is 23.9 Å². The van der Waals surface area contributed by atoms with Crippen LogP contribution in [0.2, 0.25) is 0 Å². The van der Waals surface area contributed by atoms with Gasteiger partial charge in [0.25, 0.3) is 5.69 Å². The van der Waals surface area contributed by atoms with Crippen LogP contribution in [0.25, 0.3) is 0 Å². The Hall–Kier alpha value is -1.88. The van der Waals surface area contributed by atoms with Gasteiger partial charge in [-0.25, -0.2) is 4.39 Å². The molecule has 0 amide bonds. The molecule has 18 heavy (non-hydrogen) atoms. The first-order valence-electron chi connectivity index (χ1n) is 5.27. The quantitative estimate of drug-likeness (QED) is 0.475. The van der Waals surface area contributed by atoms with Gasteiger partial charge in [-0.2, -0.15) is 0 Å². The SMILES string of the molecule is O=[N+]([O-])c1cc(F)cc(SCc2ccccc2)c1. The molecular formula is C13H10FNO2S. The molecule has 3 nitrogen and oxygen atoms in total. The van der Waals surface area contributed by atoms with E-state index in [9.17, 15) is 14.5 Å². The van der Waals surface area contributed by atoms with E-state index < -0.39 is 10.7 Å². The van der Waals surface area contributed by atoms with Crippen LogP contribution in [0.15, 0.2) is 53.4 Å². The number of thioether (sulfide) groups is 1. The Balaban J connectivity index is 2.12. The van der Waals surface area contributed by atoms with E-state index in [0.717, 1.165) is 11.6 Å². The Bertz CT molecular complexity index is 560. The molecule has 0 heterocycles. The normalized spacial score (nSPS) is 10.3. The van der Waals surface area contributed by atoms with Crippen LogP contribution in [-0.4, -0.2) is 4.92 Å². The number of non-ortho nitro benzene ring substituents is 1. The Morgan fingerprint density at radius 1 is 1.17 bits per heavy atom. The number of hydrogen-bond donors (Lipinski definition) is 0. The molecule has 0 atom stereocenters. The summed E-state index contributed by atoms with van der Waals surface area (Å²) >= 11 is 1.37.